The summed E-state index contributed by atoms with van der Waals surface area (Å²) in [6.45, 7) is 5.21. The Morgan fingerprint density at radius 1 is 1.19 bits per heavy atom. The van der Waals surface area contributed by atoms with Gasteiger partial charge in [-0.2, -0.15) is 0 Å². The number of aryl methyl sites for hydroxylation is 1. The molecule has 0 fully saturated rings. The van der Waals surface area contributed by atoms with Gasteiger partial charge in [0, 0.05) is 39.4 Å². The van der Waals surface area contributed by atoms with E-state index < -0.39 is 23.0 Å². The van der Waals surface area contributed by atoms with Crippen molar-refractivity contribution in [1.29, 1.82) is 0 Å². The van der Waals surface area contributed by atoms with Crippen LogP contribution in [0.1, 0.15) is 58.2 Å². The molecule has 1 aromatic carbocycles. The van der Waals surface area contributed by atoms with E-state index in [1.807, 2.05) is 6.92 Å². The minimum Gasteiger partial charge on any atom is -0.502 e. The van der Waals surface area contributed by atoms with Crippen LogP contribution in [0.2, 0.25) is 0 Å². The molecule has 2 aromatic rings. The molecule has 32 heavy (non-hydrogen) atoms. The van der Waals surface area contributed by atoms with Crippen molar-refractivity contribution in [2.45, 2.75) is 39.7 Å². The lowest BCUT2D eigenvalue weighted by Crippen LogP contribution is -2.43. The Balaban J connectivity index is 1.98. The van der Waals surface area contributed by atoms with E-state index in [0.717, 1.165) is 19.3 Å². The number of pyridine rings is 1. The number of fused-ring (bicyclic) bond motifs is 1. The number of hydrogen-bond acceptors (Lipinski definition) is 5. The minimum atomic E-state index is -0.903. The topological polar surface area (TPSA) is 94.9 Å². The van der Waals surface area contributed by atoms with Crippen LogP contribution in [0.25, 0.3) is 0 Å². The van der Waals surface area contributed by atoms with Crippen LogP contribution in [-0.4, -0.2) is 53.2 Å². The second-order valence-corrected chi connectivity index (χ2v) is 7.99. The van der Waals surface area contributed by atoms with Crippen molar-refractivity contribution in [3.63, 3.8) is 0 Å². The summed E-state index contributed by atoms with van der Waals surface area (Å²) < 4.78 is 14.7. The van der Waals surface area contributed by atoms with Gasteiger partial charge in [0.05, 0.1) is 0 Å². The van der Waals surface area contributed by atoms with Gasteiger partial charge in [-0.05, 0) is 56.4 Å². The lowest BCUT2D eigenvalue weighted by Gasteiger charge is -2.30. The van der Waals surface area contributed by atoms with E-state index in [1.165, 1.54) is 23.0 Å². The van der Waals surface area contributed by atoms with E-state index in [1.54, 1.807) is 29.9 Å². The highest BCUT2D eigenvalue weighted by molar-refractivity contribution is 5.98. The third kappa shape index (κ3) is 4.76. The van der Waals surface area contributed by atoms with Gasteiger partial charge < -0.3 is 20.3 Å². The van der Waals surface area contributed by atoms with E-state index in [2.05, 4.69) is 5.32 Å². The van der Waals surface area contributed by atoms with E-state index in [-0.39, 0.29) is 23.6 Å². The van der Waals surface area contributed by atoms with Crippen molar-refractivity contribution in [2.24, 2.45) is 0 Å². The van der Waals surface area contributed by atoms with Crippen LogP contribution in [0.3, 0.4) is 0 Å². The second kappa shape index (κ2) is 9.84. The minimum absolute atomic E-state index is 0.0886. The summed E-state index contributed by atoms with van der Waals surface area (Å²) in [6.07, 6.45) is 3.93. The Morgan fingerprint density at radius 3 is 2.59 bits per heavy atom. The number of aromatic nitrogens is 1. The molecule has 0 bridgehead atoms. The first kappa shape index (κ1) is 23.3. The third-order valence-corrected chi connectivity index (χ3v) is 5.80. The van der Waals surface area contributed by atoms with Crippen molar-refractivity contribution in [3.8, 4) is 5.75 Å². The summed E-state index contributed by atoms with van der Waals surface area (Å²) in [5, 5.41) is 15.0. The highest BCUT2D eigenvalue weighted by atomic mass is 19.1. The fourth-order valence-corrected chi connectivity index (χ4v) is 3.83. The highest BCUT2D eigenvalue weighted by Gasteiger charge is 2.28. The zero-order valence-corrected chi connectivity index (χ0v) is 18.7. The molecular formula is C23H29FN4O4. The molecule has 1 aliphatic heterocycles. The van der Waals surface area contributed by atoms with Gasteiger partial charge in [0.2, 0.25) is 5.43 Å². The van der Waals surface area contributed by atoms with Crippen LogP contribution in [0.4, 0.5) is 4.39 Å². The molecule has 0 radical (unpaired) electrons. The number of halogens is 1. The first-order valence-electron chi connectivity index (χ1n) is 10.8. The number of nitrogens with zero attached hydrogens (tertiary/aromatic N) is 3. The van der Waals surface area contributed by atoms with Gasteiger partial charge in [-0.15, -0.1) is 0 Å². The quantitative estimate of drug-likeness (QED) is 0.754. The summed E-state index contributed by atoms with van der Waals surface area (Å²) >= 11 is 0. The second-order valence-electron chi connectivity index (χ2n) is 7.99. The van der Waals surface area contributed by atoms with Gasteiger partial charge in [-0.25, -0.2) is 4.39 Å². The molecule has 0 saturated carbocycles. The summed E-state index contributed by atoms with van der Waals surface area (Å²) in [6, 6.07) is 4.22. The normalized spacial score (nSPS) is 14.8. The van der Waals surface area contributed by atoms with E-state index >= 15 is 0 Å². The number of nitrogens with one attached hydrogen (secondary N) is 1. The molecule has 0 saturated heterocycles. The smallest absolute Gasteiger partial charge is 0.276 e. The largest absolute Gasteiger partial charge is 0.502 e. The molecule has 0 atom stereocenters. The number of amides is 2. The molecule has 0 unspecified atom stereocenters. The molecule has 0 aliphatic carbocycles. The van der Waals surface area contributed by atoms with E-state index in [0.29, 0.717) is 30.8 Å². The average molecular weight is 445 g/mol. The third-order valence-electron chi connectivity index (χ3n) is 5.80. The fourth-order valence-electron chi connectivity index (χ4n) is 3.83. The Labute approximate surface area is 186 Å². The maximum atomic E-state index is 13.3. The summed E-state index contributed by atoms with van der Waals surface area (Å²) in [5.41, 5.74) is 0.0479. The number of rotatable bonds is 4. The molecule has 2 amide bonds. The lowest BCUT2D eigenvalue weighted by atomic mass is 10.1. The molecule has 1 aliphatic rings. The maximum absolute atomic E-state index is 13.3. The summed E-state index contributed by atoms with van der Waals surface area (Å²) in [7, 11) is 1.74. The first-order chi connectivity index (χ1) is 15.2. The van der Waals surface area contributed by atoms with Crippen LogP contribution in [0, 0.1) is 12.7 Å². The van der Waals surface area contributed by atoms with Gasteiger partial charge in [0.1, 0.15) is 11.4 Å². The van der Waals surface area contributed by atoms with Crippen LogP contribution in [0.15, 0.2) is 29.2 Å². The van der Waals surface area contributed by atoms with Gasteiger partial charge in [0.15, 0.2) is 11.4 Å². The van der Waals surface area contributed by atoms with Gasteiger partial charge in [-0.3, -0.25) is 19.1 Å². The first-order valence-corrected chi connectivity index (χ1v) is 10.8. The molecule has 8 nitrogen and oxygen atoms in total. The van der Waals surface area contributed by atoms with Crippen molar-refractivity contribution in [1.82, 2.24) is 14.9 Å². The zero-order chi connectivity index (χ0) is 23.4. The highest BCUT2D eigenvalue weighted by Crippen LogP contribution is 2.19. The predicted molar refractivity (Wildman–Crippen MR) is 119 cm³/mol. The number of carbonyl (C=O) groups is 2. The van der Waals surface area contributed by atoms with Crippen molar-refractivity contribution < 1.29 is 19.1 Å². The molecule has 2 heterocycles. The molecule has 9 heteroatoms. The Bertz CT molecular complexity index is 1080. The maximum Gasteiger partial charge on any atom is 0.276 e. The summed E-state index contributed by atoms with van der Waals surface area (Å²) in [4.78, 5) is 40.4. The molecule has 172 valence electrons. The van der Waals surface area contributed by atoms with Crippen molar-refractivity contribution >= 4 is 11.8 Å². The molecule has 0 spiro atoms. The average Bonchev–Trinajstić information content (AvgIpc) is 2.76. The van der Waals surface area contributed by atoms with Crippen LogP contribution in [0.5, 0.6) is 5.75 Å². The number of carbonyl (C=O) groups excluding carboxylic acids is 2. The molecule has 1 aromatic heterocycles. The van der Waals surface area contributed by atoms with Crippen LogP contribution in [-0.2, 0) is 6.54 Å². The standard InChI is InChI=1S/C23H29FN4O4/c1-4-27-11-7-5-6-10-26(3)28-14-18(20(29)21(30)19(28)23(27)32)22(31)25-13-16-8-9-17(24)12-15(16)2/h8-9,12,14,30H,4-7,10-11,13H2,1-3H3,(H,25,31). The number of benzene rings is 1. The Kier molecular flexibility index (Phi) is 7.17. The van der Waals surface area contributed by atoms with Crippen molar-refractivity contribution in [2.75, 3.05) is 31.7 Å². The van der Waals surface area contributed by atoms with E-state index in [9.17, 15) is 23.9 Å². The van der Waals surface area contributed by atoms with Crippen LogP contribution < -0.4 is 15.8 Å². The number of hydrogen-bond donors (Lipinski definition) is 2. The molecule has 2 N–H and O–H groups in total. The Hall–Kier alpha value is -3.36. The van der Waals surface area contributed by atoms with Gasteiger partial charge in [0.25, 0.3) is 11.8 Å². The van der Waals surface area contributed by atoms with E-state index in [4.69, 9.17) is 0 Å². The molecule has 3 rings (SSSR count). The fraction of sp³-hybridized carbons (Fsp3) is 0.435. The predicted octanol–water partition coefficient (Wildman–Crippen LogP) is 2.15. The monoisotopic (exact) mass is 444 g/mol. The van der Waals surface area contributed by atoms with Gasteiger partial charge >= 0.3 is 0 Å². The number of aromatic hydroxyl groups is 1. The SMILES string of the molecule is CCN1CCCCCN(C)n2cc(C(=O)NCc3ccc(F)cc3C)c(=O)c(O)c2C1=O. The van der Waals surface area contributed by atoms with Gasteiger partial charge in [-0.1, -0.05) is 6.07 Å². The Morgan fingerprint density at radius 2 is 1.91 bits per heavy atom. The van der Waals surface area contributed by atoms with Crippen LogP contribution >= 0.6 is 0 Å². The summed E-state index contributed by atoms with van der Waals surface area (Å²) in [5.74, 6) is -2.26. The zero-order valence-electron chi connectivity index (χ0n) is 18.7. The lowest BCUT2D eigenvalue weighted by molar-refractivity contribution is 0.0741. The molecular weight excluding hydrogens is 415 g/mol. The van der Waals surface area contributed by atoms with Crippen molar-refractivity contribution in [3.05, 3.63) is 62.8 Å².